The predicted octanol–water partition coefficient (Wildman–Crippen LogP) is 2.30. The minimum Gasteiger partial charge on any atom is -0.246 e. The Morgan fingerprint density at radius 1 is 1.70 bits per heavy atom. The zero-order valence-corrected chi connectivity index (χ0v) is 7.03. The van der Waals surface area contributed by atoms with Crippen LogP contribution >= 0.6 is 11.8 Å². The van der Waals surface area contributed by atoms with Gasteiger partial charge in [-0.2, -0.15) is 0 Å². The molecule has 0 spiro atoms. The van der Waals surface area contributed by atoms with Crippen LogP contribution in [0.1, 0.15) is 12.6 Å². The van der Waals surface area contributed by atoms with Crippen LogP contribution in [0.3, 0.4) is 0 Å². The largest absolute Gasteiger partial charge is 0.246 e. The van der Waals surface area contributed by atoms with E-state index in [1.54, 1.807) is 11.8 Å². The van der Waals surface area contributed by atoms with Gasteiger partial charge in [-0.1, -0.05) is 6.92 Å². The Kier molecular flexibility index (Phi) is 2.75. The quantitative estimate of drug-likeness (QED) is 0.603. The van der Waals surface area contributed by atoms with Crippen molar-refractivity contribution in [1.29, 1.82) is 0 Å². The summed E-state index contributed by atoms with van der Waals surface area (Å²) in [5.41, 5.74) is 1.06. The molecule has 0 saturated carbocycles. The Balaban J connectivity index is 2.75. The highest BCUT2D eigenvalue weighted by Crippen LogP contribution is 2.12. The molecule has 0 bridgehead atoms. The summed E-state index contributed by atoms with van der Waals surface area (Å²) in [6.45, 7) is 4.11. The van der Waals surface area contributed by atoms with Gasteiger partial charge in [0.25, 0.3) is 0 Å². The molecule has 1 rings (SSSR count). The molecule has 2 heteroatoms. The fourth-order valence-electron chi connectivity index (χ4n) is 0.674. The van der Waals surface area contributed by atoms with E-state index in [1.165, 1.54) is 0 Å². The lowest BCUT2D eigenvalue weighted by Gasteiger charge is -1.95. The molecule has 1 radical (unpaired) electrons. The molecule has 10 heavy (non-hydrogen) atoms. The van der Waals surface area contributed by atoms with E-state index in [9.17, 15) is 0 Å². The van der Waals surface area contributed by atoms with E-state index >= 15 is 0 Å². The smallest absolute Gasteiger partial charge is 0.104 e. The van der Waals surface area contributed by atoms with Gasteiger partial charge in [-0.15, -0.1) is 11.8 Å². The van der Waals surface area contributed by atoms with Crippen molar-refractivity contribution in [3.8, 4) is 0 Å². The van der Waals surface area contributed by atoms with E-state index in [1.807, 2.05) is 19.1 Å². The fourth-order valence-corrected chi connectivity index (χ4v) is 1.31. The number of rotatable bonds is 2. The van der Waals surface area contributed by atoms with E-state index in [-0.39, 0.29) is 0 Å². The van der Waals surface area contributed by atoms with Crippen LogP contribution in [0.4, 0.5) is 0 Å². The topological polar surface area (TPSA) is 12.9 Å². The lowest BCUT2D eigenvalue weighted by Crippen LogP contribution is -1.83. The van der Waals surface area contributed by atoms with Crippen molar-refractivity contribution in [3.63, 3.8) is 0 Å². The number of hydrogen-bond donors (Lipinski definition) is 0. The number of aryl methyl sites for hydroxylation is 1. The first-order valence-corrected chi connectivity index (χ1v) is 4.29. The number of pyridine rings is 1. The third-order valence-electron chi connectivity index (χ3n) is 1.09. The maximum Gasteiger partial charge on any atom is 0.104 e. The zero-order valence-electron chi connectivity index (χ0n) is 6.22. The lowest BCUT2D eigenvalue weighted by molar-refractivity contribution is 1.06. The average Bonchev–Trinajstić information content (AvgIpc) is 1.88. The molecular formula is C8H10NS. The maximum absolute atomic E-state index is 4.27. The summed E-state index contributed by atoms with van der Waals surface area (Å²) in [6, 6.07) is 6.94. The molecule has 0 N–H and O–H groups in total. The number of hydrogen-bond acceptors (Lipinski definition) is 2. The summed E-state index contributed by atoms with van der Waals surface area (Å²) in [7, 11) is 0. The van der Waals surface area contributed by atoms with Crippen LogP contribution in [0.5, 0.6) is 0 Å². The molecule has 1 heterocycles. The van der Waals surface area contributed by atoms with Gasteiger partial charge in [0, 0.05) is 11.8 Å². The Morgan fingerprint density at radius 2 is 2.50 bits per heavy atom. The molecule has 0 saturated heterocycles. The molecule has 0 unspecified atom stereocenters. The van der Waals surface area contributed by atoms with Crippen molar-refractivity contribution in [2.75, 3.05) is 5.75 Å². The summed E-state index contributed by atoms with van der Waals surface area (Å²) >= 11 is 1.72. The molecular weight excluding hydrogens is 142 g/mol. The highest BCUT2D eigenvalue weighted by atomic mass is 32.2. The van der Waals surface area contributed by atoms with Crippen molar-refractivity contribution in [3.05, 3.63) is 23.9 Å². The third-order valence-corrected chi connectivity index (χ3v) is 1.86. The molecule has 1 aromatic rings. The first-order chi connectivity index (χ1) is 4.83. The Morgan fingerprint density at radius 3 is 3.10 bits per heavy atom. The van der Waals surface area contributed by atoms with Crippen molar-refractivity contribution in [2.24, 2.45) is 0 Å². The number of nitrogens with zero attached hydrogens (tertiary/aromatic N) is 1. The van der Waals surface area contributed by atoms with Gasteiger partial charge in [0.05, 0.1) is 0 Å². The molecule has 0 atom stereocenters. The van der Waals surface area contributed by atoms with Crippen LogP contribution in [0.2, 0.25) is 0 Å². The van der Waals surface area contributed by atoms with Gasteiger partial charge in [-0.05, 0) is 24.8 Å². The molecule has 0 aliphatic rings. The van der Waals surface area contributed by atoms with Crippen LogP contribution in [0.25, 0.3) is 0 Å². The monoisotopic (exact) mass is 152 g/mol. The molecule has 1 nitrogen and oxygen atoms in total. The minimum atomic E-state index is 1.00. The van der Waals surface area contributed by atoms with E-state index in [0.717, 1.165) is 16.5 Å². The fraction of sp³-hybridized carbons (Fsp3) is 0.375. The van der Waals surface area contributed by atoms with Crippen molar-refractivity contribution in [1.82, 2.24) is 4.98 Å². The minimum absolute atomic E-state index is 1.00. The third kappa shape index (κ3) is 2.03. The lowest BCUT2D eigenvalue weighted by atomic mass is 10.4. The van der Waals surface area contributed by atoms with E-state index in [0.29, 0.717) is 0 Å². The maximum atomic E-state index is 4.27. The van der Waals surface area contributed by atoms with Crippen LogP contribution in [0.15, 0.2) is 17.2 Å². The molecule has 53 valence electrons. The van der Waals surface area contributed by atoms with Crippen molar-refractivity contribution in [2.45, 2.75) is 18.9 Å². The van der Waals surface area contributed by atoms with Gasteiger partial charge in [0.15, 0.2) is 0 Å². The Hall–Kier alpha value is -0.500. The van der Waals surface area contributed by atoms with Crippen molar-refractivity contribution < 1.29 is 0 Å². The second-order valence-corrected chi connectivity index (χ2v) is 3.22. The standard InChI is InChI=1S/C8H10NS/c1-3-10-8-6-4-5-7(2)9-8/h4-5H,3H2,1-2H3. The second kappa shape index (κ2) is 3.62. The van der Waals surface area contributed by atoms with Gasteiger partial charge in [-0.3, -0.25) is 0 Å². The molecule has 0 amide bonds. The van der Waals surface area contributed by atoms with Crippen LogP contribution in [0, 0.1) is 13.0 Å². The number of aromatic nitrogens is 1. The Bertz CT molecular complexity index is 210. The highest BCUT2D eigenvalue weighted by molar-refractivity contribution is 7.99. The molecule has 0 aliphatic heterocycles. The average molecular weight is 152 g/mol. The second-order valence-electron chi connectivity index (χ2n) is 1.97. The van der Waals surface area contributed by atoms with Crippen molar-refractivity contribution >= 4 is 11.8 Å². The van der Waals surface area contributed by atoms with Gasteiger partial charge in [0.2, 0.25) is 0 Å². The van der Waals surface area contributed by atoms with E-state index in [4.69, 9.17) is 0 Å². The summed E-state index contributed by atoms with van der Waals surface area (Å²) < 4.78 is 0. The molecule has 0 aromatic carbocycles. The summed E-state index contributed by atoms with van der Waals surface area (Å²) in [6.07, 6.45) is 0. The van der Waals surface area contributed by atoms with E-state index in [2.05, 4.69) is 18.0 Å². The summed E-state index contributed by atoms with van der Waals surface area (Å²) in [5.74, 6) is 1.06. The van der Waals surface area contributed by atoms with Crippen LogP contribution in [-0.4, -0.2) is 10.7 Å². The predicted molar refractivity (Wildman–Crippen MR) is 44.2 cm³/mol. The normalized spacial score (nSPS) is 9.80. The first kappa shape index (κ1) is 7.61. The SMILES string of the molecule is CCSc1[c]ccc(C)n1. The first-order valence-electron chi connectivity index (χ1n) is 3.31. The van der Waals surface area contributed by atoms with E-state index < -0.39 is 0 Å². The van der Waals surface area contributed by atoms with Crippen LogP contribution < -0.4 is 0 Å². The summed E-state index contributed by atoms with van der Waals surface area (Å²) in [5, 5.41) is 1.00. The van der Waals surface area contributed by atoms with Gasteiger partial charge in [-0.25, -0.2) is 4.98 Å². The highest BCUT2D eigenvalue weighted by Gasteiger charge is 1.91. The zero-order chi connectivity index (χ0) is 7.40. The Labute approximate surface area is 65.9 Å². The van der Waals surface area contributed by atoms with Gasteiger partial charge in [0.1, 0.15) is 5.03 Å². The van der Waals surface area contributed by atoms with Crippen LogP contribution in [-0.2, 0) is 0 Å². The van der Waals surface area contributed by atoms with Gasteiger partial charge >= 0.3 is 0 Å². The number of thioether (sulfide) groups is 1. The van der Waals surface area contributed by atoms with Gasteiger partial charge < -0.3 is 0 Å². The molecule has 0 aliphatic carbocycles. The molecule has 0 fully saturated rings. The summed E-state index contributed by atoms with van der Waals surface area (Å²) in [4.78, 5) is 4.27. The molecule has 1 aromatic heterocycles.